The van der Waals surface area contributed by atoms with E-state index in [0.717, 1.165) is 25.9 Å². The summed E-state index contributed by atoms with van der Waals surface area (Å²) < 4.78 is 11.0. The summed E-state index contributed by atoms with van der Waals surface area (Å²) in [6.07, 6.45) is 3.52. The Balaban J connectivity index is 1.69. The molecule has 130 valence electrons. The molecule has 0 aromatic carbocycles. The molecule has 1 atom stereocenters. The van der Waals surface area contributed by atoms with Gasteiger partial charge in [0.15, 0.2) is 5.78 Å². The number of urea groups is 1. The van der Waals surface area contributed by atoms with Crippen LogP contribution >= 0.6 is 0 Å². The van der Waals surface area contributed by atoms with E-state index in [0.29, 0.717) is 37.0 Å². The van der Waals surface area contributed by atoms with Gasteiger partial charge >= 0.3 is 6.03 Å². The van der Waals surface area contributed by atoms with Crippen molar-refractivity contribution in [3.05, 3.63) is 17.8 Å². The summed E-state index contributed by atoms with van der Waals surface area (Å²) in [6.45, 7) is 3.94. The topological polar surface area (TPSA) is 80.8 Å². The third-order valence-electron chi connectivity index (χ3n) is 4.26. The number of carbonyl (C=O) groups is 2. The van der Waals surface area contributed by atoms with Crippen LogP contribution in [0.3, 0.4) is 0 Å². The minimum atomic E-state index is -0.219. The maximum atomic E-state index is 12.5. The molecule has 1 fully saturated rings. The standard InChI is InChI=1S/C17H23N3O4/c1-2-23-15-7-6-13-16(19-15)14(21)8-9-20(13)17(22)18-11-12-5-3-4-10-24-12/h6-7,12H,2-5,8-11H2,1H3,(H,18,22). The molecule has 1 unspecified atom stereocenters. The van der Waals surface area contributed by atoms with Crippen molar-refractivity contribution in [3.63, 3.8) is 0 Å². The van der Waals surface area contributed by atoms with E-state index < -0.39 is 0 Å². The van der Waals surface area contributed by atoms with Gasteiger partial charge in [0, 0.05) is 32.2 Å². The van der Waals surface area contributed by atoms with E-state index in [4.69, 9.17) is 9.47 Å². The molecule has 1 aromatic rings. The van der Waals surface area contributed by atoms with Gasteiger partial charge in [0.2, 0.25) is 5.88 Å². The Labute approximate surface area is 141 Å². The molecule has 0 radical (unpaired) electrons. The molecule has 1 saturated heterocycles. The maximum absolute atomic E-state index is 12.5. The SMILES string of the molecule is CCOc1ccc2c(n1)C(=O)CCN2C(=O)NCC1CCCCO1. The Bertz CT molecular complexity index is 614. The Morgan fingerprint density at radius 3 is 3.08 bits per heavy atom. The molecule has 1 N–H and O–H groups in total. The highest BCUT2D eigenvalue weighted by Crippen LogP contribution is 2.28. The number of anilines is 1. The zero-order chi connectivity index (χ0) is 16.9. The van der Waals surface area contributed by atoms with E-state index in [-0.39, 0.29) is 24.3 Å². The van der Waals surface area contributed by atoms with E-state index >= 15 is 0 Å². The molecule has 24 heavy (non-hydrogen) atoms. The lowest BCUT2D eigenvalue weighted by atomic mass is 10.1. The molecule has 3 rings (SSSR count). The summed E-state index contributed by atoms with van der Waals surface area (Å²) in [6, 6.07) is 3.19. The lowest BCUT2D eigenvalue weighted by Gasteiger charge is -2.29. The number of nitrogens with zero attached hydrogens (tertiary/aromatic N) is 2. The number of Topliss-reactive ketones (excluding diaryl/α,β-unsaturated/α-hetero) is 1. The first-order valence-corrected chi connectivity index (χ1v) is 8.53. The molecule has 2 amide bonds. The number of rotatable bonds is 4. The second kappa shape index (κ2) is 7.61. The molecule has 0 aliphatic carbocycles. The average molecular weight is 333 g/mol. The fourth-order valence-electron chi connectivity index (χ4n) is 3.01. The van der Waals surface area contributed by atoms with Crippen molar-refractivity contribution in [1.82, 2.24) is 10.3 Å². The molecule has 7 nitrogen and oxygen atoms in total. The summed E-state index contributed by atoms with van der Waals surface area (Å²) in [5, 5.41) is 2.91. The van der Waals surface area contributed by atoms with Gasteiger partial charge in [0.25, 0.3) is 0 Å². The van der Waals surface area contributed by atoms with E-state index in [1.165, 1.54) is 0 Å². The summed E-state index contributed by atoms with van der Waals surface area (Å²) in [4.78, 5) is 30.4. The van der Waals surface area contributed by atoms with Crippen molar-refractivity contribution in [2.45, 2.75) is 38.7 Å². The quantitative estimate of drug-likeness (QED) is 0.913. The van der Waals surface area contributed by atoms with Crippen molar-refractivity contribution in [1.29, 1.82) is 0 Å². The Morgan fingerprint density at radius 2 is 2.33 bits per heavy atom. The van der Waals surface area contributed by atoms with Crippen molar-refractivity contribution >= 4 is 17.5 Å². The average Bonchev–Trinajstić information content (AvgIpc) is 2.61. The van der Waals surface area contributed by atoms with Crippen LogP contribution in [0.2, 0.25) is 0 Å². The van der Waals surface area contributed by atoms with Gasteiger partial charge in [-0.3, -0.25) is 9.69 Å². The second-order valence-corrected chi connectivity index (χ2v) is 5.95. The van der Waals surface area contributed by atoms with Crippen molar-refractivity contribution < 1.29 is 19.1 Å². The van der Waals surface area contributed by atoms with Gasteiger partial charge in [-0.25, -0.2) is 9.78 Å². The van der Waals surface area contributed by atoms with E-state index in [1.807, 2.05) is 6.92 Å². The van der Waals surface area contributed by atoms with Crippen molar-refractivity contribution in [2.75, 3.05) is 31.2 Å². The van der Waals surface area contributed by atoms with E-state index in [2.05, 4.69) is 10.3 Å². The molecule has 0 bridgehead atoms. The van der Waals surface area contributed by atoms with Gasteiger partial charge in [-0.05, 0) is 32.3 Å². The first-order chi connectivity index (χ1) is 11.7. The van der Waals surface area contributed by atoms with Crippen LogP contribution in [0, 0.1) is 0 Å². The number of nitrogens with one attached hydrogen (secondary N) is 1. The summed E-state index contributed by atoms with van der Waals surface area (Å²) >= 11 is 0. The molecular weight excluding hydrogens is 310 g/mol. The smallest absolute Gasteiger partial charge is 0.322 e. The number of amides is 2. The van der Waals surface area contributed by atoms with Crippen LogP contribution in [0.4, 0.5) is 10.5 Å². The molecule has 3 heterocycles. The zero-order valence-electron chi connectivity index (χ0n) is 13.9. The van der Waals surface area contributed by atoms with Crippen LogP contribution < -0.4 is 15.0 Å². The third kappa shape index (κ3) is 3.67. The highest BCUT2D eigenvalue weighted by molar-refractivity contribution is 6.07. The number of fused-ring (bicyclic) bond motifs is 1. The Hall–Kier alpha value is -2.15. The zero-order valence-corrected chi connectivity index (χ0v) is 13.9. The van der Waals surface area contributed by atoms with Gasteiger partial charge < -0.3 is 14.8 Å². The highest BCUT2D eigenvalue weighted by Gasteiger charge is 2.29. The molecular formula is C17H23N3O4. The number of ether oxygens (including phenoxy) is 2. The number of hydrogen-bond donors (Lipinski definition) is 1. The van der Waals surface area contributed by atoms with Gasteiger partial charge in [0.05, 0.1) is 18.4 Å². The minimum Gasteiger partial charge on any atom is -0.478 e. The number of carbonyl (C=O) groups excluding carboxylic acids is 2. The van der Waals surface area contributed by atoms with Gasteiger partial charge in [0.1, 0.15) is 5.69 Å². The normalized spacial score (nSPS) is 20.5. The molecule has 0 spiro atoms. The maximum Gasteiger partial charge on any atom is 0.322 e. The van der Waals surface area contributed by atoms with Crippen molar-refractivity contribution in [3.8, 4) is 5.88 Å². The van der Waals surface area contributed by atoms with Gasteiger partial charge in [-0.2, -0.15) is 0 Å². The summed E-state index contributed by atoms with van der Waals surface area (Å²) in [5.41, 5.74) is 0.841. The van der Waals surface area contributed by atoms with Crippen LogP contribution in [0.1, 0.15) is 43.1 Å². The van der Waals surface area contributed by atoms with Crippen LogP contribution in [0.25, 0.3) is 0 Å². The van der Waals surface area contributed by atoms with Gasteiger partial charge in [-0.1, -0.05) is 0 Å². The summed E-state index contributed by atoms with van der Waals surface area (Å²) in [7, 11) is 0. The van der Waals surface area contributed by atoms with E-state index in [9.17, 15) is 9.59 Å². The lowest BCUT2D eigenvalue weighted by molar-refractivity contribution is 0.0186. The predicted octanol–water partition coefficient (Wildman–Crippen LogP) is 2.15. The van der Waals surface area contributed by atoms with Crippen LogP contribution in [0.5, 0.6) is 5.88 Å². The number of ketones is 1. The van der Waals surface area contributed by atoms with Crippen LogP contribution in [-0.4, -0.2) is 49.2 Å². The fourth-order valence-corrected chi connectivity index (χ4v) is 3.01. The highest BCUT2D eigenvalue weighted by atomic mass is 16.5. The van der Waals surface area contributed by atoms with Crippen LogP contribution in [-0.2, 0) is 4.74 Å². The number of hydrogen-bond acceptors (Lipinski definition) is 5. The monoisotopic (exact) mass is 333 g/mol. The number of pyridine rings is 1. The van der Waals surface area contributed by atoms with E-state index in [1.54, 1.807) is 17.0 Å². The molecule has 1 aromatic heterocycles. The first-order valence-electron chi connectivity index (χ1n) is 8.53. The molecule has 7 heteroatoms. The van der Waals surface area contributed by atoms with Crippen molar-refractivity contribution in [2.24, 2.45) is 0 Å². The summed E-state index contributed by atoms with van der Waals surface area (Å²) in [5.74, 6) is 0.341. The largest absolute Gasteiger partial charge is 0.478 e. The Kier molecular flexibility index (Phi) is 5.30. The molecule has 2 aliphatic heterocycles. The van der Waals surface area contributed by atoms with Gasteiger partial charge in [-0.15, -0.1) is 0 Å². The third-order valence-corrected chi connectivity index (χ3v) is 4.26. The fraction of sp³-hybridized carbons (Fsp3) is 0.588. The second-order valence-electron chi connectivity index (χ2n) is 5.95. The lowest BCUT2D eigenvalue weighted by Crippen LogP contribution is -2.47. The molecule has 0 saturated carbocycles. The van der Waals surface area contributed by atoms with Crippen LogP contribution in [0.15, 0.2) is 12.1 Å². The number of aromatic nitrogens is 1. The first kappa shape index (κ1) is 16.7. The predicted molar refractivity (Wildman–Crippen MR) is 88.7 cm³/mol. The molecule has 2 aliphatic rings. The Morgan fingerprint density at radius 1 is 1.46 bits per heavy atom. The minimum absolute atomic E-state index is 0.0637.